The van der Waals surface area contributed by atoms with Gasteiger partial charge >= 0.3 is 6.03 Å². The van der Waals surface area contributed by atoms with E-state index in [0.717, 1.165) is 38.6 Å². The molecule has 7 heteroatoms. The van der Waals surface area contributed by atoms with Gasteiger partial charge in [-0.25, -0.2) is 4.79 Å². The molecule has 24 heavy (non-hydrogen) atoms. The van der Waals surface area contributed by atoms with Crippen LogP contribution in [0.15, 0.2) is 0 Å². The highest BCUT2D eigenvalue weighted by atomic mass is 35.5. The van der Waals surface area contributed by atoms with Gasteiger partial charge in [-0.3, -0.25) is 4.79 Å². The molecule has 3 aliphatic rings. The van der Waals surface area contributed by atoms with E-state index in [0.29, 0.717) is 24.4 Å². The van der Waals surface area contributed by atoms with Crippen molar-refractivity contribution in [3.05, 3.63) is 0 Å². The SMILES string of the molecule is Cl.NC(=O)NCC1CCCCN1C(=O)C1CC2CCCC(C1)C2N. The molecule has 2 bridgehead atoms. The van der Waals surface area contributed by atoms with Crippen LogP contribution in [0, 0.1) is 17.8 Å². The van der Waals surface area contributed by atoms with Crippen molar-refractivity contribution in [3.8, 4) is 0 Å². The maximum absolute atomic E-state index is 13.1. The van der Waals surface area contributed by atoms with Crippen LogP contribution in [0.1, 0.15) is 51.4 Å². The van der Waals surface area contributed by atoms with Crippen molar-refractivity contribution in [3.63, 3.8) is 0 Å². The number of halogens is 1. The fourth-order valence-electron chi connectivity index (χ4n) is 4.95. The minimum Gasteiger partial charge on any atom is -0.352 e. The van der Waals surface area contributed by atoms with E-state index in [1.54, 1.807) is 0 Å². The molecule has 2 saturated carbocycles. The summed E-state index contributed by atoms with van der Waals surface area (Å²) >= 11 is 0. The van der Waals surface area contributed by atoms with Crippen LogP contribution < -0.4 is 16.8 Å². The number of amides is 3. The lowest BCUT2D eigenvalue weighted by atomic mass is 9.64. The molecule has 3 rings (SSSR count). The Morgan fingerprint density at radius 1 is 1.04 bits per heavy atom. The van der Waals surface area contributed by atoms with Gasteiger partial charge in [0.2, 0.25) is 5.91 Å². The van der Waals surface area contributed by atoms with Crippen LogP contribution in [-0.4, -0.2) is 42.0 Å². The van der Waals surface area contributed by atoms with Crippen LogP contribution in [0.3, 0.4) is 0 Å². The molecular weight excluding hydrogens is 328 g/mol. The summed E-state index contributed by atoms with van der Waals surface area (Å²) in [5.41, 5.74) is 11.5. The summed E-state index contributed by atoms with van der Waals surface area (Å²) in [6.45, 7) is 1.28. The number of likely N-dealkylation sites (tertiary alicyclic amines) is 1. The first-order valence-corrected chi connectivity index (χ1v) is 9.15. The monoisotopic (exact) mass is 358 g/mol. The first kappa shape index (κ1) is 19.3. The van der Waals surface area contributed by atoms with Gasteiger partial charge in [-0.2, -0.15) is 0 Å². The lowest BCUT2D eigenvalue weighted by Crippen LogP contribution is -2.54. The summed E-state index contributed by atoms with van der Waals surface area (Å²) in [4.78, 5) is 26.1. The Morgan fingerprint density at radius 2 is 1.71 bits per heavy atom. The van der Waals surface area contributed by atoms with Crippen molar-refractivity contribution in [1.82, 2.24) is 10.2 Å². The Balaban J connectivity index is 0.00000208. The molecule has 1 heterocycles. The maximum Gasteiger partial charge on any atom is 0.312 e. The third-order valence-electron chi connectivity index (χ3n) is 6.18. The number of hydrogen-bond acceptors (Lipinski definition) is 3. The van der Waals surface area contributed by atoms with Gasteiger partial charge in [-0.05, 0) is 56.8 Å². The minimum atomic E-state index is -0.513. The average molecular weight is 359 g/mol. The van der Waals surface area contributed by atoms with Crippen molar-refractivity contribution in [2.24, 2.45) is 29.2 Å². The fraction of sp³-hybridized carbons (Fsp3) is 0.882. The number of urea groups is 1. The molecule has 1 saturated heterocycles. The third kappa shape index (κ3) is 4.14. The molecule has 3 amide bonds. The number of rotatable bonds is 3. The zero-order valence-corrected chi connectivity index (χ0v) is 15.1. The molecule has 1 aliphatic heterocycles. The van der Waals surface area contributed by atoms with Crippen LogP contribution in [-0.2, 0) is 4.79 Å². The molecule has 0 spiro atoms. The molecule has 0 aromatic carbocycles. The zero-order chi connectivity index (χ0) is 16.4. The summed E-state index contributed by atoms with van der Waals surface area (Å²) in [5.74, 6) is 1.44. The predicted octanol–water partition coefficient (Wildman–Crippen LogP) is 1.61. The van der Waals surface area contributed by atoms with Gasteiger partial charge in [-0.1, -0.05) is 6.42 Å². The number of hydrogen-bond donors (Lipinski definition) is 3. The smallest absolute Gasteiger partial charge is 0.312 e. The van der Waals surface area contributed by atoms with Gasteiger partial charge in [-0.15, -0.1) is 12.4 Å². The second kappa shape index (κ2) is 8.39. The quantitative estimate of drug-likeness (QED) is 0.714. The van der Waals surface area contributed by atoms with Crippen LogP contribution >= 0.6 is 12.4 Å². The molecule has 3 unspecified atom stereocenters. The summed E-state index contributed by atoms with van der Waals surface area (Å²) in [6.07, 6.45) is 8.62. The largest absolute Gasteiger partial charge is 0.352 e. The van der Waals surface area contributed by atoms with Crippen molar-refractivity contribution < 1.29 is 9.59 Å². The molecule has 0 aromatic rings. The lowest BCUT2D eigenvalue weighted by Gasteiger charge is -2.46. The van der Waals surface area contributed by atoms with Crippen molar-refractivity contribution in [2.45, 2.75) is 63.5 Å². The van der Waals surface area contributed by atoms with E-state index in [1.165, 1.54) is 19.3 Å². The van der Waals surface area contributed by atoms with Crippen LogP contribution in [0.2, 0.25) is 0 Å². The summed E-state index contributed by atoms with van der Waals surface area (Å²) in [6, 6.07) is -0.123. The molecule has 3 fully saturated rings. The molecule has 3 atom stereocenters. The number of nitrogens with two attached hydrogens (primary N) is 2. The predicted molar refractivity (Wildman–Crippen MR) is 95.7 cm³/mol. The minimum absolute atomic E-state index is 0. The first-order chi connectivity index (χ1) is 11.1. The number of nitrogens with one attached hydrogen (secondary N) is 1. The Labute approximate surface area is 150 Å². The molecule has 2 aliphatic carbocycles. The average Bonchev–Trinajstić information content (AvgIpc) is 2.52. The maximum atomic E-state index is 13.1. The van der Waals surface area contributed by atoms with Crippen molar-refractivity contribution >= 4 is 24.3 Å². The van der Waals surface area contributed by atoms with E-state index < -0.39 is 6.03 Å². The topological polar surface area (TPSA) is 101 Å². The standard InChI is InChI=1S/C17H30N4O2.ClH/c18-15-11-4-3-5-12(15)9-13(8-11)16(22)21-7-2-1-6-14(21)10-20-17(19)23;/h11-15H,1-10,18H2,(H3,19,20,23);1H. The third-order valence-corrected chi connectivity index (χ3v) is 6.18. The number of carbonyl (C=O) groups excluding carboxylic acids is 2. The van der Waals surface area contributed by atoms with E-state index in [1.807, 2.05) is 4.90 Å². The number of nitrogens with zero attached hydrogens (tertiary/aromatic N) is 1. The van der Waals surface area contributed by atoms with E-state index in [-0.39, 0.29) is 30.3 Å². The number of fused-ring (bicyclic) bond motifs is 2. The molecule has 0 radical (unpaired) electrons. The lowest BCUT2D eigenvalue weighted by molar-refractivity contribution is -0.142. The van der Waals surface area contributed by atoms with Crippen LogP contribution in [0.25, 0.3) is 0 Å². The van der Waals surface area contributed by atoms with Gasteiger partial charge in [0.1, 0.15) is 0 Å². The molecule has 0 aromatic heterocycles. The van der Waals surface area contributed by atoms with Crippen molar-refractivity contribution in [1.29, 1.82) is 0 Å². The normalized spacial score (nSPS) is 35.7. The zero-order valence-electron chi connectivity index (χ0n) is 14.3. The van der Waals surface area contributed by atoms with Gasteiger partial charge in [0.25, 0.3) is 0 Å². The molecule has 138 valence electrons. The van der Waals surface area contributed by atoms with E-state index in [2.05, 4.69) is 5.32 Å². The molecule has 6 nitrogen and oxygen atoms in total. The van der Waals surface area contributed by atoms with Gasteiger partial charge in [0, 0.05) is 31.1 Å². The Kier molecular flexibility index (Phi) is 6.75. The van der Waals surface area contributed by atoms with Gasteiger partial charge in [0.05, 0.1) is 0 Å². The molecule has 5 N–H and O–H groups in total. The van der Waals surface area contributed by atoms with Gasteiger partial charge in [0.15, 0.2) is 0 Å². The number of primary amides is 1. The second-order valence-electron chi connectivity index (χ2n) is 7.62. The van der Waals surface area contributed by atoms with E-state index >= 15 is 0 Å². The highest BCUT2D eigenvalue weighted by Gasteiger charge is 2.42. The summed E-state index contributed by atoms with van der Waals surface area (Å²) in [7, 11) is 0. The van der Waals surface area contributed by atoms with Crippen LogP contribution in [0.5, 0.6) is 0 Å². The van der Waals surface area contributed by atoms with E-state index in [4.69, 9.17) is 11.5 Å². The Bertz CT molecular complexity index is 448. The van der Waals surface area contributed by atoms with Crippen molar-refractivity contribution in [2.75, 3.05) is 13.1 Å². The van der Waals surface area contributed by atoms with Gasteiger partial charge < -0.3 is 21.7 Å². The number of carbonyl (C=O) groups is 2. The first-order valence-electron chi connectivity index (χ1n) is 9.15. The second-order valence-corrected chi connectivity index (χ2v) is 7.62. The Hall–Kier alpha value is -1.01. The van der Waals surface area contributed by atoms with E-state index in [9.17, 15) is 9.59 Å². The fourth-order valence-corrected chi connectivity index (χ4v) is 4.95. The summed E-state index contributed by atoms with van der Waals surface area (Å²) in [5, 5.41) is 2.67. The summed E-state index contributed by atoms with van der Waals surface area (Å²) < 4.78 is 0. The highest BCUT2D eigenvalue weighted by molar-refractivity contribution is 5.85. The highest BCUT2D eigenvalue weighted by Crippen LogP contribution is 2.42. The number of piperidine rings is 1. The Morgan fingerprint density at radius 3 is 2.33 bits per heavy atom. The van der Waals surface area contributed by atoms with Crippen LogP contribution in [0.4, 0.5) is 4.79 Å². The molecular formula is C17H31ClN4O2.